The summed E-state index contributed by atoms with van der Waals surface area (Å²) < 4.78 is 10.5. The average Bonchev–Trinajstić information content (AvgIpc) is 2.52. The standard InChI is InChI=1S/C14H16N4O2S/c1-19-10-4-3-9(12(7-10)20-2)8-16-14-11(13(15)21)5-6-17-18-14/h3-7H,8H2,1-2H3,(H2,15,21)(H,16,18). The molecular weight excluding hydrogens is 288 g/mol. The lowest BCUT2D eigenvalue weighted by atomic mass is 10.2. The SMILES string of the molecule is COc1ccc(CNc2nnccc2C(N)=S)c(OC)c1. The number of hydrogen-bond donors (Lipinski definition) is 2. The summed E-state index contributed by atoms with van der Waals surface area (Å²) in [5.74, 6) is 2.00. The van der Waals surface area contributed by atoms with E-state index in [2.05, 4.69) is 15.5 Å². The molecule has 2 rings (SSSR count). The molecule has 110 valence electrons. The summed E-state index contributed by atoms with van der Waals surface area (Å²) in [6.07, 6.45) is 1.55. The van der Waals surface area contributed by atoms with Gasteiger partial charge in [0.05, 0.1) is 26.0 Å². The van der Waals surface area contributed by atoms with Gasteiger partial charge in [0.1, 0.15) is 16.5 Å². The number of hydrogen-bond acceptors (Lipinski definition) is 6. The quantitative estimate of drug-likeness (QED) is 0.787. The lowest BCUT2D eigenvalue weighted by Gasteiger charge is -2.12. The summed E-state index contributed by atoms with van der Waals surface area (Å²) >= 11 is 4.99. The van der Waals surface area contributed by atoms with Crippen LogP contribution in [0.1, 0.15) is 11.1 Å². The first-order valence-electron chi connectivity index (χ1n) is 6.22. The molecule has 0 amide bonds. The zero-order valence-corrected chi connectivity index (χ0v) is 12.6. The molecule has 0 aliphatic rings. The number of ether oxygens (including phenoxy) is 2. The lowest BCUT2D eigenvalue weighted by molar-refractivity contribution is 0.391. The molecular formula is C14H16N4O2S. The highest BCUT2D eigenvalue weighted by atomic mass is 32.1. The Morgan fingerprint density at radius 1 is 1.29 bits per heavy atom. The smallest absolute Gasteiger partial charge is 0.159 e. The summed E-state index contributed by atoms with van der Waals surface area (Å²) in [5, 5.41) is 11.0. The second kappa shape index (κ2) is 6.85. The number of nitrogens with two attached hydrogens (primary N) is 1. The van der Waals surface area contributed by atoms with Crippen molar-refractivity contribution in [3.63, 3.8) is 0 Å². The van der Waals surface area contributed by atoms with Crippen LogP contribution in [0.5, 0.6) is 11.5 Å². The Labute approximate surface area is 128 Å². The van der Waals surface area contributed by atoms with Crippen molar-refractivity contribution >= 4 is 23.0 Å². The highest BCUT2D eigenvalue weighted by molar-refractivity contribution is 7.80. The van der Waals surface area contributed by atoms with E-state index < -0.39 is 0 Å². The monoisotopic (exact) mass is 304 g/mol. The number of anilines is 1. The van der Waals surface area contributed by atoms with Crippen LogP contribution in [0, 0.1) is 0 Å². The Bertz CT molecular complexity index is 649. The third kappa shape index (κ3) is 3.57. The largest absolute Gasteiger partial charge is 0.497 e. The molecule has 1 aromatic heterocycles. The molecule has 3 N–H and O–H groups in total. The molecule has 0 fully saturated rings. The Morgan fingerprint density at radius 2 is 2.10 bits per heavy atom. The summed E-state index contributed by atoms with van der Waals surface area (Å²) in [5.41, 5.74) is 7.28. The maximum Gasteiger partial charge on any atom is 0.159 e. The first-order valence-corrected chi connectivity index (χ1v) is 6.62. The van der Waals surface area contributed by atoms with Gasteiger partial charge in [-0.05, 0) is 18.2 Å². The van der Waals surface area contributed by atoms with Crippen LogP contribution in [-0.4, -0.2) is 29.4 Å². The topological polar surface area (TPSA) is 82.3 Å². The highest BCUT2D eigenvalue weighted by Crippen LogP contribution is 2.25. The Balaban J connectivity index is 2.19. The van der Waals surface area contributed by atoms with Crippen LogP contribution in [0.15, 0.2) is 30.5 Å². The van der Waals surface area contributed by atoms with Crippen LogP contribution >= 0.6 is 12.2 Å². The van der Waals surface area contributed by atoms with Crippen molar-refractivity contribution < 1.29 is 9.47 Å². The molecule has 0 saturated carbocycles. The molecule has 0 bridgehead atoms. The van der Waals surface area contributed by atoms with E-state index in [9.17, 15) is 0 Å². The van der Waals surface area contributed by atoms with Crippen LogP contribution in [-0.2, 0) is 6.54 Å². The van der Waals surface area contributed by atoms with Gasteiger partial charge < -0.3 is 20.5 Å². The van der Waals surface area contributed by atoms with Crippen molar-refractivity contribution in [2.75, 3.05) is 19.5 Å². The maximum absolute atomic E-state index is 5.66. The van der Waals surface area contributed by atoms with Crippen molar-refractivity contribution in [3.8, 4) is 11.5 Å². The predicted molar refractivity (Wildman–Crippen MR) is 84.8 cm³/mol. The van der Waals surface area contributed by atoms with Gasteiger partial charge in [0, 0.05) is 18.2 Å². The number of aromatic nitrogens is 2. The Kier molecular flexibility index (Phi) is 4.89. The van der Waals surface area contributed by atoms with Gasteiger partial charge in [0.2, 0.25) is 0 Å². The van der Waals surface area contributed by atoms with Crippen LogP contribution < -0.4 is 20.5 Å². The zero-order chi connectivity index (χ0) is 15.2. The minimum atomic E-state index is 0.272. The number of methoxy groups -OCH3 is 2. The van der Waals surface area contributed by atoms with Crippen molar-refractivity contribution in [1.29, 1.82) is 0 Å². The highest BCUT2D eigenvalue weighted by Gasteiger charge is 2.09. The van der Waals surface area contributed by atoms with E-state index in [1.165, 1.54) is 0 Å². The van der Waals surface area contributed by atoms with E-state index in [1.54, 1.807) is 26.5 Å². The van der Waals surface area contributed by atoms with E-state index in [-0.39, 0.29) is 4.99 Å². The first-order chi connectivity index (χ1) is 10.2. The van der Waals surface area contributed by atoms with E-state index in [1.807, 2.05) is 18.2 Å². The van der Waals surface area contributed by atoms with Crippen molar-refractivity contribution in [3.05, 3.63) is 41.6 Å². The minimum Gasteiger partial charge on any atom is -0.497 e. The first kappa shape index (κ1) is 15.0. The van der Waals surface area contributed by atoms with Crippen LogP contribution in [0.25, 0.3) is 0 Å². The van der Waals surface area contributed by atoms with Gasteiger partial charge in [-0.3, -0.25) is 0 Å². The van der Waals surface area contributed by atoms with Crippen LogP contribution in [0.4, 0.5) is 5.82 Å². The van der Waals surface area contributed by atoms with Gasteiger partial charge in [-0.25, -0.2) is 0 Å². The number of benzene rings is 1. The van der Waals surface area contributed by atoms with E-state index in [0.717, 1.165) is 17.1 Å². The van der Waals surface area contributed by atoms with Gasteiger partial charge in [0.15, 0.2) is 5.82 Å². The van der Waals surface area contributed by atoms with Gasteiger partial charge in [-0.1, -0.05) is 12.2 Å². The normalized spacial score (nSPS) is 10.0. The zero-order valence-electron chi connectivity index (χ0n) is 11.8. The number of nitrogens with one attached hydrogen (secondary N) is 1. The predicted octanol–water partition coefficient (Wildman–Crippen LogP) is 1.74. The van der Waals surface area contributed by atoms with Gasteiger partial charge in [0.25, 0.3) is 0 Å². The molecule has 6 nitrogen and oxygen atoms in total. The molecule has 1 heterocycles. The molecule has 0 atom stereocenters. The van der Waals surface area contributed by atoms with Crippen LogP contribution in [0.3, 0.4) is 0 Å². The third-order valence-corrected chi connectivity index (χ3v) is 3.15. The van der Waals surface area contributed by atoms with E-state index in [0.29, 0.717) is 17.9 Å². The fourth-order valence-corrected chi connectivity index (χ4v) is 2.00. The van der Waals surface area contributed by atoms with Crippen molar-refractivity contribution in [2.24, 2.45) is 5.73 Å². The third-order valence-electron chi connectivity index (χ3n) is 2.93. The fourth-order valence-electron chi connectivity index (χ4n) is 1.84. The van der Waals surface area contributed by atoms with Crippen molar-refractivity contribution in [1.82, 2.24) is 10.2 Å². The van der Waals surface area contributed by atoms with E-state index in [4.69, 9.17) is 27.4 Å². The van der Waals surface area contributed by atoms with E-state index >= 15 is 0 Å². The average molecular weight is 304 g/mol. The molecule has 2 aromatic rings. The van der Waals surface area contributed by atoms with Crippen molar-refractivity contribution in [2.45, 2.75) is 6.54 Å². The molecule has 0 saturated heterocycles. The summed E-state index contributed by atoms with van der Waals surface area (Å²) in [7, 11) is 3.22. The molecule has 0 spiro atoms. The summed E-state index contributed by atoms with van der Waals surface area (Å²) in [4.78, 5) is 0.272. The number of nitrogens with zero attached hydrogens (tertiary/aromatic N) is 2. The maximum atomic E-state index is 5.66. The molecule has 0 aliphatic carbocycles. The van der Waals surface area contributed by atoms with Gasteiger partial charge in [-0.15, -0.1) is 5.10 Å². The van der Waals surface area contributed by atoms with Gasteiger partial charge in [-0.2, -0.15) is 5.10 Å². The Morgan fingerprint density at radius 3 is 2.76 bits per heavy atom. The summed E-state index contributed by atoms with van der Waals surface area (Å²) in [6, 6.07) is 7.33. The Hall–Kier alpha value is -2.41. The molecule has 0 radical (unpaired) electrons. The second-order valence-corrected chi connectivity index (χ2v) is 4.63. The van der Waals surface area contributed by atoms with Gasteiger partial charge >= 0.3 is 0 Å². The molecule has 0 unspecified atom stereocenters. The fraction of sp³-hybridized carbons (Fsp3) is 0.214. The second-order valence-electron chi connectivity index (χ2n) is 4.19. The lowest BCUT2D eigenvalue weighted by Crippen LogP contribution is -2.15. The molecule has 7 heteroatoms. The minimum absolute atomic E-state index is 0.272. The number of rotatable bonds is 6. The summed E-state index contributed by atoms with van der Waals surface area (Å²) in [6.45, 7) is 0.501. The molecule has 21 heavy (non-hydrogen) atoms. The number of thiocarbonyl (C=S) groups is 1. The molecule has 1 aromatic carbocycles. The van der Waals surface area contributed by atoms with Crippen LogP contribution in [0.2, 0.25) is 0 Å². The molecule has 0 aliphatic heterocycles.